The zero-order chi connectivity index (χ0) is 33.2. The van der Waals surface area contributed by atoms with Crippen LogP contribution >= 0.6 is 0 Å². The van der Waals surface area contributed by atoms with E-state index in [0.29, 0.717) is 18.4 Å². The standard InChI is InChI=1S/C28H44N8O8/c1-16(2)13-18(29)24(40)35-19(9-6-12-32-28(30)31)25(41)33-15-22(37)34-21(14-17-7-4-3-5-8-17)26(42)36-20(27(43)44)10-11-23(38)39/h3-5,7-8,16,18-21H,6,9-15,29H2,1-2H3,(H,33,41)(H,34,37)(H,35,40)(H,36,42)(H,38,39)(H,43,44)(H4,30,31,32)/t18-,19-,20-,21-/m0/s1. The van der Waals surface area contributed by atoms with E-state index >= 15 is 0 Å². The molecule has 4 atom stereocenters. The first kappa shape index (κ1) is 37.3. The predicted octanol–water partition coefficient (Wildman–Crippen LogP) is -1.61. The van der Waals surface area contributed by atoms with Crippen LogP contribution in [0.4, 0.5) is 0 Å². The number of benzene rings is 1. The molecule has 0 fully saturated rings. The largest absolute Gasteiger partial charge is 0.481 e. The van der Waals surface area contributed by atoms with Gasteiger partial charge in [0.25, 0.3) is 0 Å². The second kappa shape index (κ2) is 19.5. The molecule has 12 N–H and O–H groups in total. The van der Waals surface area contributed by atoms with Gasteiger partial charge in [-0.3, -0.25) is 29.4 Å². The number of hydrogen-bond donors (Lipinski definition) is 10. The van der Waals surface area contributed by atoms with Crippen molar-refractivity contribution in [3.05, 3.63) is 35.9 Å². The Morgan fingerprint density at radius 3 is 2.05 bits per heavy atom. The van der Waals surface area contributed by atoms with Crippen molar-refractivity contribution in [1.82, 2.24) is 26.6 Å². The Labute approximate surface area is 255 Å². The number of carbonyl (C=O) groups is 6. The van der Waals surface area contributed by atoms with Gasteiger partial charge in [0.2, 0.25) is 23.6 Å². The number of nitrogens with one attached hydrogen (secondary N) is 6. The lowest BCUT2D eigenvalue weighted by Crippen LogP contribution is -2.55. The van der Waals surface area contributed by atoms with Crippen LogP contribution in [-0.2, 0) is 35.2 Å². The van der Waals surface area contributed by atoms with Gasteiger partial charge >= 0.3 is 11.9 Å². The first-order chi connectivity index (χ1) is 20.7. The van der Waals surface area contributed by atoms with Gasteiger partial charge in [-0.2, -0.15) is 0 Å². The number of carboxylic acids is 2. The van der Waals surface area contributed by atoms with Crippen molar-refractivity contribution in [3.63, 3.8) is 0 Å². The van der Waals surface area contributed by atoms with E-state index in [9.17, 15) is 33.9 Å². The van der Waals surface area contributed by atoms with Gasteiger partial charge < -0.3 is 48.3 Å². The summed E-state index contributed by atoms with van der Waals surface area (Å²) in [5, 5.41) is 37.9. The van der Waals surface area contributed by atoms with Gasteiger partial charge in [-0.15, -0.1) is 0 Å². The summed E-state index contributed by atoms with van der Waals surface area (Å²) in [6.45, 7) is 3.47. The predicted molar refractivity (Wildman–Crippen MR) is 160 cm³/mol. The topological polar surface area (TPSA) is 279 Å². The van der Waals surface area contributed by atoms with Crippen molar-refractivity contribution < 1.29 is 39.0 Å². The van der Waals surface area contributed by atoms with Gasteiger partial charge in [0, 0.05) is 19.4 Å². The van der Waals surface area contributed by atoms with E-state index < -0.39 is 72.7 Å². The third-order valence-corrected chi connectivity index (χ3v) is 6.30. The second-order valence-electron chi connectivity index (χ2n) is 10.6. The van der Waals surface area contributed by atoms with Gasteiger partial charge in [0.1, 0.15) is 18.1 Å². The summed E-state index contributed by atoms with van der Waals surface area (Å²) in [5.41, 5.74) is 11.9. The molecule has 16 nitrogen and oxygen atoms in total. The molecular weight excluding hydrogens is 576 g/mol. The van der Waals surface area contributed by atoms with Crippen LogP contribution in [0.15, 0.2) is 30.3 Å². The molecular formula is C28H44N8O8. The van der Waals surface area contributed by atoms with Crippen molar-refractivity contribution in [2.24, 2.45) is 17.4 Å². The number of carboxylic acid groups (broad SMARTS) is 2. The molecule has 0 unspecified atom stereocenters. The Hall–Kier alpha value is -4.73. The molecule has 0 aliphatic heterocycles. The number of amides is 4. The van der Waals surface area contributed by atoms with Crippen LogP contribution in [0.2, 0.25) is 0 Å². The van der Waals surface area contributed by atoms with Crippen LogP contribution in [0.25, 0.3) is 0 Å². The van der Waals surface area contributed by atoms with Crippen molar-refractivity contribution in [3.8, 4) is 0 Å². The van der Waals surface area contributed by atoms with Crippen LogP contribution in [0.5, 0.6) is 0 Å². The van der Waals surface area contributed by atoms with Gasteiger partial charge in [-0.05, 0) is 37.2 Å². The van der Waals surface area contributed by atoms with Crippen LogP contribution in [-0.4, -0.2) is 89.0 Å². The minimum atomic E-state index is -1.50. The van der Waals surface area contributed by atoms with Crippen molar-refractivity contribution >= 4 is 41.5 Å². The highest BCUT2D eigenvalue weighted by molar-refractivity contribution is 5.94. The summed E-state index contributed by atoms with van der Waals surface area (Å²) in [6.07, 6.45) is -0.0147. The van der Waals surface area contributed by atoms with Crippen LogP contribution in [0, 0.1) is 11.3 Å². The molecule has 0 bridgehead atoms. The second-order valence-corrected chi connectivity index (χ2v) is 10.6. The number of rotatable bonds is 20. The molecule has 0 aromatic heterocycles. The molecule has 0 aliphatic rings. The Morgan fingerprint density at radius 2 is 1.48 bits per heavy atom. The Kier molecular flexibility index (Phi) is 16.5. The number of guanidine groups is 1. The summed E-state index contributed by atoms with van der Waals surface area (Å²) < 4.78 is 0. The average Bonchev–Trinajstić information content (AvgIpc) is 2.94. The van der Waals surface area contributed by atoms with E-state index in [0.717, 1.165) is 0 Å². The fraction of sp³-hybridized carbons (Fsp3) is 0.536. The average molecular weight is 621 g/mol. The SMILES string of the molecule is CC(C)C[C@H](N)C(=O)N[C@@H](CCCNC(=N)N)C(=O)NCC(=O)N[C@@H](Cc1ccccc1)C(=O)N[C@@H](CCC(=O)O)C(=O)O. The van der Waals surface area contributed by atoms with Crippen molar-refractivity contribution in [2.75, 3.05) is 13.1 Å². The van der Waals surface area contributed by atoms with Crippen LogP contribution < -0.4 is 38.1 Å². The molecule has 16 heteroatoms. The molecule has 244 valence electrons. The van der Waals surface area contributed by atoms with Gasteiger partial charge in [-0.1, -0.05) is 44.2 Å². The molecule has 4 amide bonds. The van der Waals surface area contributed by atoms with E-state index in [1.165, 1.54) is 0 Å². The molecule has 0 heterocycles. The molecule has 44 heavy (non-hydrogen) atoms. The van der Waals surface area contributed by atoms with Gasteiger partial charge in [0.05, 0.1) is 12.6 Å². The third kappa shape index (κ3) is 15.5. The quantitative estimate of drug-likeness (QED) is 0.0449. The summed E-state index contributed by atoms with van der Waals surface area (Å²) in [6, 6.07) is 3.91. The van der Waals surface area contributed by atoms with E-state index in [1.807, 2.05) is 13.8 Å². The number of carbonyl (C=O) groups excluding carboxylic acids is 4. The third-order valence-electron chi connectivity index (χ3n) is 6.30. The molecule has 0 saturated heterocycles. The highest BCUT2D eigenvalue weighted by Gasteiger charge is 2.28. The first-order valence-electron chi connectivity index (χ1n) is 14.2. The number of hydrogen-bond acceptors (Lipinski definition) is 8. The fourth-order valence-electron chi connectivity index (χ4n) is 4.08. The zero-order valence-corrected chi connectivity index (χ0v) is 24.9. The van der Waals surface area contributed by atoms with E-state index in [1.54, 1.807) is 30.3 Å². The van der Waals surface area contributed by atoms with Crippen LogP contribution in [0.1, 0.15) is 51.5 Å². The monoisotopic (exact) mass is 620 g/mol. The molecule has 0 saturated carbocycles. The number of aliphatic carboxylic acids is 2. The highest BCUT2D eigenvalue weighted by Crippen LogP contribution is 2.07. The zero-order valence-electron chi connectivity index (χ0n) is 24.9. The molecule has 1 aromatic rings. The van der Waals surface area contributed by atoms with Crippen molar-refractivity contribution in [2.45, 2.75) is 76.5 Å². The maximum Gasteiger partial charge on any atom is 0.326 e. The summed E-state index contributed by atoms with van der Waals surface area (Å²) >= 11 is 0. The molecule has 1 aromatic carbocycles. The van der Waals surface area contributed by atoms with Crippen molar-refractivity contribution in [1.29, 1.82) is 5.41 Å². The lowest BCUT2D eigenvalue weighted by molar-refractivity contribution is -0.143. The Morgan fingerprint density at radius 1 is 0.841 bits per heavy atom. The summed E-state index contributed by atoms with van der Waals surface area (Å²) in [4.78, 5) is 74.0. The molecule has 0 spiro atoms. The molecule has 1 rings (SSSR count). The molecule has 0 aliphatic carbocycles. The van der Waals surface area contributed by atoms with Crippen LogP contribution in [0.3, 0.4) is 0 Å². The van der Waals surface area contributed by atoms with Gasteiger partial charge in [-0.25, -0.2) is 4.79 Å². The summed E-state index contributed by atoms with van der Waals surface area (Å²) in [7, 11) is 0. The number of nitrogens with two attached hydrogens (primary N) is 2. The van der Waals surface area contributed by atoms with Gasteiger partial charge in [0.15, 0.2) is 5.96 Å². The van der Waals surface area contributed by atoms with E-state index in [-0.39, 0.29) is 37.7 Å². The lowest BCUT2D eigenvalue weighted by Gasteiger charge is -2.23. The van der Waals surface area contributed by atoms with E-state index in [4.69, 9.17) is 22.0 Å². The highest BCUT2D eigenvalue weighted by atomic mass is 16.4. The Bertz CT molecular complexity index is 1150. The van der Waals surface area contributed by atoms with E-state index in [2.05, 4.69) is 26.6 Å². The normalized spacial score (nSPS) is 13.5. The molecule has 0 radical (unpaired) electrons. The maximum absolute atomic E-state index is 13.0. The first-order valence-corrected chi connectivity index (χ1v) is 14.2. The summed E-state index contributed by atoms with van der Waals surface area (Å²) in [5.74, 6) is -5.64. The lowest BCUT2D eigenvalue weighted by atomic mass is 10.0. The Balaban J connectivity index is 2.95. The minimum absolute atomic E-state index is 0.0206. The minimum Gasteiger partial charge on any atom is -0.481 e. The fourth-order valence-corrected chi connectivity index (χ4v) is 4.08. The smallest absolute Gasteiger partial charge is 0.326 e. The maximum atomic E-state index is 13.0.